The van der Waals surface area contributed by atoms with Crippen molar-refractivity contribution in [1.82, 2.24) is 9.88 Å². The second-order valence-electron chi connectivity index (χ2n) is 11.5. The second kappa shape index (κ2) is 12.6. The lowest BCUT2D eigenvalue weighted by Crippen LogP contribution is -2.62. The molecule has 1 saturated heterocycles. The van der Waals surface area contributed by atoms with E-state index >= 15 is 4.79 Å². The first-order valence-electron chi connectivity index (χ1n) is 15.2. The molecule has 1 unspecified atom stereocenters. The molecule has 0 aliphatic carbocycles. The Morgan fingerprint density at radius 3 is 2.43 bits per heavy atom. The molecule has 1 amide bonds. The highest BCUT2D eigenvalue weighted by Crippen LogP contribution is 2.54. The predicted molar refractivity (Wildman–Crippen MR) is 176 cm³/mol. The Bertz CT molecular complexity index is 1960. The van der Waals surface area contributed by atoms with Gasteiger partial charge in [0.15, 0.2) is 5.54 Å². The number of carbonyl (C=O) groups is 1. The van der Waals surface area contributed by atoms with Crippen LogP contribution in [0.2, 0.25) is 0 Å². The number of ether oxygens (including phenoxy) is 3. The van der Waals surface area contributed by atoms with Crippen LogP contribution in [0.4, 0.5) is 11.4 Å². The van der Waals surface area contributed by atoms with Gasteiger partial charge in [-0.2, -0.15) is 5.26 Å². The number of nitrogens with zero attached hydrogens (tertiary/aromatic N) is 5. The van der Waals surface area contributed by atoms with E-state index in [9.17, 15) is 13.7 Å². The maximum absolute atomic E-state index is 15.5. The number of fused-ring (bicyclic) bond motifs is 1. The Balaban J connectivity index is 1.65. The zero-order valence-corrected chi connectivity index (χ0v) is 27.4. The summed E-state index contributed by atoms with van der Waals surface area (Å²) in [5.41, 5.74) is 0.494. The lowest BCUT2D eigenvalue weighted by molar-refractivity contribution is -0.127. The van der Waals surface area contributed by atoms with Gasteiger partial charge in [-0.1, -0.05) is 25.1 Å². The van der Waals surface area contributed by atoms with E-state index in [0.29, 0.717) is 42.3 Å². The fraction of sp³-hybridized carbons (Fsp3) is 0.286. The van der Waals surface area contributed by atoms with E-state index < -0.39 is 21.5 Å². The van der Waals surface area contributed by atoms with Crippen LogP contribution < -0.4 is 23.4 Å². The molecule has 0 radical (unpaired) electrons. The Labute approximate surface area is 274 Å². The number of aromatic nitrogens is 1. The number of hydrogen-bond donors (Lipinski definition) is 0. The minimum Gasteiger partial charge on any atom is -0.497 e. The standard InChI is InChI=1S/C35H35N5O6S/c1-5-46-31-9-7-6-8-28(31)35(39-22-24(2)21-38(23-39)26-14-16-37-17-15-26)29-18-25(20-36)10-12-30(29)40(34(35)41)47(42,43)33-13-11-27(44-3)19-32(33)45-4/h6-19,24H,5,21-23H2,1-4H3/t24-,35?/m1/s1. The summed E-state index contributed by atoms with van der Waals surface area (Å²) in [6, 6.07) is 22.2. The third kappa shape index (κ3) is 5.21. The van der Waals surface area contributed by atoms with Crippen molar-refractivity contribution in [2.24, 2.45) is 5.92 Å². The van der Waals surface area contributed by atoms with Gasteiger partial charge < -0.3 is 19.1 Å². The van der Waals surface area contributed by atoms with Gasteiger partial charge in [0.2, 0.25) is 0 Å². The van der Waals surface area contributed by atoms with E-state index in [-0.39, 0.29) is 34.5 Å². The van der Waals surface area contributed by atoms with Crippen molar-refractivity contribution < 1.29 is 27.4 Å². The van der Waals surface area contributed by atoms with Gasteiger partial charge in [0, 0.05) is 48.4 Å². The molecule has 0 spiro atoms. The third-order valence-corrected chi connectivity index (χ3v) is 10.3. The lowest BCUT2D eigenvalue weighted by atomic mass is 9.80. The first kappa shape index (κ1) is 31.8. The van der Waals surface area contributed by atoms with Crippen molar-refractivity contribution in [1.29, 1.82) is 5.26 Å². The largest absolute Gasteiger partial charge is 0.497 e. The normalized spacial score (nSPS) is 19.6. The van der Waals surface area contributed by atoms with Gasteiger partial charge >= 0.3 is 0 Å². The van der Waals surface area contributed by atoms with E-state index in [4.69, 9.17) is 14.2 Å². The molecule has 3 aromatic carbocycles. The summed E-state index contributed by atoms with van der Waals surface area (Å²) < 4.78 is 47.3. The van der Waals surface area contributed by atoms with Crippen LogP contribution in [0.3, 0.4) is 0 Å². The maximum Gasteiger partial charge on any atom is 0.274 e. The van der Waals surface area contributed by atoms with Crippen LogP contribution in [0.1, 0.15) is 30.5 Å². The van der Waals surface area contributed by atoms with Gasteiger partial charge in [0.05, 0.1) is 44.8 Å². The van der Waals surface area contributed by atoms with Crippen LogP contribution in [-0.2, 0) is 20.4 Å². The van der Waals surface area contributed by atoms with Crippen LogP contribution in [0.5, 0.6) is 17.2 Å². The van der Waals surface area contributed by atoms with Gasteiger partial charge in [0.25, 0.3) is 15.9 Å². The number of nitriles is 1. The number of benzene rings is 3. The lowest BCUT2D eigenvalue weighted by Gasteiger charge is -2.48. The Morgan fingerprint density at radius 1 is 0.957 bits per heavy atom. The van der Waals surface area contributed by atoms with Gasteiger partial charge in [-0.15, -0.1) is 0 Å². The van der Waals surface area contributed by atoms with Crippen LogP contribution >= 0.6 is 0 Å². The first-order chi connectivity index (χ1) is 22.7. The van der Waals surface area contributed by atoms with Crippen LogP contribution in [0, 0.1) is 17.2 Å². The SMILES string of the molecule is CCOc1ccccc1C1(N2C[C@H](C)CN(c3ccncc3)C2)C(=O)N(S(=O)(=O)c2ccc(OC)cc2OC)c2ccc(C#N)cc21. The Kier molecular flexibility index (Phi) is 8.53. The number of carbonyl (C=O) groups excluding carboxylic acids is 1. The minimum absolute atomic E-state index is 0.0232. The Hall–Kier alpha value is -5.12. The van der Waals surface area contributed by atoms with Crippen molar-refractivity contribution in [2.75, 3.05) is 49.8 Å². The molecular weight excluding hydrogens is 618 g/mol. The molecule has 242 valence electrons. The molecule has 0 saturated carbocycles. The zero-order chi connectivity index (χ0) is 33.3. The molecule has 4 aromatic rings. The molecule has 3 heterocycles. The number of amides is 1. The highest BCUT2D eigenvalue weighted by molar-refractivity contribution is 7.93. The molecule has 0 bridgehead atoms. The zero-order valence-electron chi connectivity index (χ0n) is 26.6. The van der Waals surface area contributed by atoms with E-state index in [1.807, 2.05) is 30.0 Å². The number of hydrogen-bond acceptors (Lipinski definition) is 10. The number of anilines is 2. The average Bonchev–Trinajstić information content (AvgIpc) is 3.36. The summed E-state index contributed by atoms with van der Waals surface area (Å²) in [5, 5.41) is 10.0. The molecule has 0 N–H and O–H groups in total. The summed E-state index contributed by atoms with van der Waals surface area (Å²) in [6.07, 6.45) is 3.43. The summed E-state index contributed by atoms with van der Waals surface area (Å²) in [4.78, 5) is 23.6. The minimum atomic E-state index is -4.58. The summed E-state index contributed by atoms with van der Waals surface area (Å²) >= 11 is 0. The fourth-order valence-corrected chi connectivity index (χ4v) is 8.27. The van der Waals surface area contributed by atoms with Gasteiger partial charge in [0.1, 0.15) is 22.1 Å². The monoisotopic (exact) mass is 653 g/mol. The molecule has 11 nitrogen and oxygen atoms in total. The quantitative estimate of drug-likeness (QED) is 0.250. The molecular formula is C35H35N5O6S. The van der Waals surface area contributed by atoms with Crippen molar-refractivity contribution in [3.63, 3.8) is 0 Å². The number of methoxy groups -OCH3 is 2. The first-order valence-corrected chi connectivity index (χ1v) is 16.6. The molecule has 1 fully saturated rings. The van der Waals surface area contributed by atoms with Crippen molar-refractivity contribution in [2.45, 2.75) is 24.3 Å². The smallest absolute Gasteiger partial charge is 0.274 e. The highest BCUT2D eigenvalue weighted by atomic mass is 32.2. The summed E-state index contributed by atoms with van der Waals surface area (Å²) in [6.45, 7) is 5.68. The van der Waals surface area contributed by atoms with Gasteiger partial charge in [-0.3, -0.25) is 14.7 Å². The van der Waals surface area contributed by atoms with E-state index in [0.717, 1.165) is 9.99 Å². The topological polar surface area (TPSA) is 125 Å². The summed E-state index contributed by atoms with van der Waals surface area (Å²) in [7, 11) is -1.75. The number of para-hydroxylation sites is 1. The fourth-order valence-electron chi connectivity index (χ4n) is 6.67. The second-order valence-corrected chi connectivity index (χ2v) is 13.2. The average molecular weight is 654 g/mol. The molecule has 47 heavy (non-hydrogen) atoms. The molecule has 2 aliphatic heterocycles. The van der Waals surface area contributed by atoms with Crippen molar-refractivity contribution >= 4 is 27.3 Å². The maximum atomic E-state index is 15.5. The third-order valence-electron chi connectivity index (χ3n) is 8.60. The van der Waals surface area contributed by atoms with E-state index in [2.05, 4.69) is 22.9 Å². The predicted octanol–water partition coefficient (Wildman–Crippen LogP) is 4.76. The van der Waals surface area contributed by atoms with Gasteiger partial charge in [-0.05, 0) is 61.4 Å². The molecule has 6 rings (SSSR count). The van der Waals surface area contributed by atoms with Crippen LogP contribution in [0.25, 0.3) is 0 Å². The number of pyridine rings is 1. The molecule has 2 atom stereocenters. The summed E-state index contributed by atoms with van der Waals surface area (Å²) in [5.74, 6) is 0.208. The molecule has 2 aliphatic rings. The van der Waals surface area contributed by atoms with E-state index in [1.54, 1.807) is 36.7 Å². The highest BCUT2D eigenvalue weighted by Gasteiger charge is 2.61. The van der Waals surface area contributed by atoms with E-state index in [1.165, 1.54) is 44.6 Å². The molecule has 12 heteroatoms. The van der Waals surface area contributed by atoms with Crippen molar-refractivity contribution in [3.05, 3.63) is 102 Å². The number of rotatable bonds is 9. The van der Waals surface area contributed by atoms with Crippen LogP contribution in [-0.4, -0.2) is 64.8 Å². The Morgan fingerprint density at radius 2 is 1.72 bits per heavy atom. The van der Waals surface area contributed by atoms with Gasteiger partial charge in [-0.25, -0.2) is 12.7 Å². The van der Waals surface area contributed by atoms with Crippen molar-refractivity contribution in [3.8, 4) is 23.3 Å². The van der Waals surface area contributed by atoms with Crippen LogP contribution in [0.15, 0.2) is 90.1 Å². The number of sulfonamides is 1. The molecule has 1 aromatic heterocycles.